The minimum absolute atomic E-state index is 0.0338. The first-order valence-electron chi connectivity index (χ1n) is 13.9. The average molecular weight is 599 g/mol. The predicted octanol–water partition coefficient (Wildman–Crippen LogP) is 3.43. The Morgan fingerprint density at radius 3 is 2.26 bits per heavy atom. The van der Waals surface area contributed by atoms with Crippen LogP contribution in [0.4, 0.5) is 4.39 Å². The molecule has 224 valence electrons. The minimum atomic E-state index is -4.13. The van der Waals surface area contributed by atoms with Gasteiger partial charge < -0.3 is 19.3 Å². The molecule has 1 atom stereocenters. The summed E-state index contributed by atoms with van der Waals surface area (Å²) in [6.45, 7) is 5.79. The van der Waals surface area contributed by atoms with Gasteiger partial charge in [-0.2, -0.15) is 4.31 Å². The number of nitrogens with zero attached hydrogens (tertiary/aromatic N) is 3. The van der Waals surface area contributed by atoms with Crippen molar-refractivity contribution in [3.63, 3.8) is 0 Å². The molecule has 2 heterocycles. The molecule has 10 nitrogen and oxygen atoms in total. The minimum Gasteiger partial charge on any atom is -0.494 e. The monoisotopic (exact) mass is 598 g/mol. The second-order valence-corrected chi connectivity index (χ2v) is 12.4. The second kappa shape index (κ2) is 13.2. The maximum absolute atomic E-state index is 13.7. The predicted molar refractivity (Wildman–Crippen MR) is 154 cm³/mol. The molecule has 1 amide bonds. The summed E-state index contributed by atoms with van der Waals surface area (Å²) in [4.78, 5) is 17.5. The largest absolute Gasteiger partial charge is 0.494 e. The maximum atomic E-state index is 13.7. The zero-order valence-corrected chi connectivity index (χ0v) is 24.2. The lowest BCUT2D eigenvalue weighted by Crippen LogP contribution is -2.46. The van der Waals surface area contributed by atoms with Crippen LogP contribution in [0.15, 0.2) is 71.6 Å². The van der Waals surface area contributed by atoms with Gasteiger partial charge in [0.1, 0.15) is 29.1 Å². The van der Waals surface area contributed by atoms with E-state index in [0.29, 0.717) is 35.8 Å². The van der Waals surface area contributed by atoms with Crippen LogP contribution in [0.1, 0.15) is 23.6 Å². The molecule has 0 aromatic heterocycles. The van der Waals surface area contributed by atoms with Crippen molar-refractivity contribution in [3.05, 3.63) is 83.7 Å². The number of likely N-dealkylation sites (N-methyl/N-ethyl adjacent to an activating group) is 1. The Morgan fingerprint density at radius 2 is 1.60 bits per heavy atom. The van der Waals surface area contributed by atoms with E-state index in [1.165, 1.54) is 48.5 Å². The van der Waals surface area contributed by atoms with Crippen LogP contribution in [-0.4, -0.2) is 86.6 Å². The van der Waals surface area contributed by atoms with E-state index in [2.05, 4.69) is 16.8 Å². The summed E-state index contributed by atoms with van der Waals surface area (Å²) in [5.74, 6) is 0.178. The van der Waals surface area contributed by atoms with Crippen LogP contribution in [0.3, 0.4) is 0 Å². The summed E-state index contributed by atoms with van der Waals surface area (Å²) in [6.07, 6.45) is 1.25. The third-order valence-corrected chi connectivity index (χ3v) is 9.50. The first-order chi connectivity index (χ1) is 20.2. The lowest BCUT2D eigenvalue weighted by atomic mass is 9.93. The van der Waals surface area contributed by atoms with Gasteiger partial charge in [0.2, 0.25) is 10.0 Å². The van der Waals surface area contributed by atoms with E-state index < -0.39 is 27.8 Å². The zero-order chi connectivity index (χ0) is 29.7. The highest BCUT2D eigenvalue weighted by molar-refractivity contribution is 7.89. The first-order valence-corrected chi connectivity index (χ1v) is 15.3. The van der Waals surface area contributed by atoms with Gasteiger partial charge in [-0.15, -0.1) is 0 Å². The fourth-order valence-corrected chi connectivity index (χ4v) is 6.83. The van der Waals surface area contributed by atoms with Crippen molar-refractivity contribution in [2.75, 3.05) is 52.9 Å². The number of carbonyl (C=O) groups is 1. The van der Waals surface area contributed by atoms with E-state index in [4.69, 9.17) is 9.47 Å². The third kappa shape index (κ3) is 6.90. The van der Waals surface area contributed by atoms with Crippen LogP contribution >= 0.6 is 0 Å². The number of nitrogens with one attached hydrogen (secondary N) is 1. The molecule has 0 radical (unpaired) electrons. The SMILES string of the molecule is CN1CCN(CCCOc2ccc3c(c2)CCN(S(=O)(=O)c2ccc(Oc4ccc(F)cc4)cc2)C3C(=O)NO)CC1. The molecular weight excluding hydrogens is 563 g/mol. The lowest BCUT2D eigenvalue weighted by Gasteiger charge is -2.35. The zero-order valence-electron chi connectivity index (χ0n) is 23.4. The molecule has 2 N–H and O–H groups in total. The first kappa shape index (κ1) is 29.9. The van der Waals surface area contributed by atoms with Crippen molar-refractivity contribution in [2.24, 2.45) is 0 Å². The smallest absolute Gasteiger partial charge is 0.266 e. The third-order valence-electron chi connectivity index (χ3n) is 7.62. The van der Waals surface area contributed by atoms with Gasteiger partial charge in [-0.25, -0.2) is 18.3 Å². The molecule has 2 aliphatic heterocycles. The Bertz CT molecular complexity index is 1480. The Kier molecular flexibility index (Phi) is 9.39. The van der Waals surface area contributed by atoms with Gasteiger partial charge in [0.15, 0.2) is 0 Å². The summed E-state index contributed by atoms with van der Waals surface area (Å²) in [6, 6.07) is 15.2. The van der Waals surface area contributed by atoms with Crippen LogP contribution in [0.25, 0.3) is 0 Å². The second-order valence-electron chi connectivity index (χ2n) is 10.5. The summed E-state index contributed by atoms with van der Waals surface area (Å²) in [5, 5.41) is 9.49. The van der Waals surface area contributed by atoms with Gasteiger partial charge in [0, 0.05) is 39.3 Å². The summed E-state index contributed by atoms with van der Waals surface area (Å²) < 4.78 is 53.2. The maximum Gasteiger partial charge on any atom is 0.266 e. The number of carbonyl (C=O) groups excluding carboxylic acids is 1. The molecule has 1 unspecified atom stereocenters. The quantitative estimate of drug-likeness (QED) is 0.208. The van der Waals surface area contributed by atoms with Crippen molar-refractivity contribution in [3.8, 4) is 17.2 Å². The van der Waals surface area contributed by atoms with Gasteiger partial charge in [0.25, 0.3) is 5.91 Å². The van der Waals surface area contributed by atoms with E-state index >= 15 is 0 Å². The number of piperazine rings is 1. The van der Waals surface area contributed by atoms with Crippen molar-refractivity contribution >= 4 is 15.9 Å². The number of rotatable bonds is 10. The van der Waals surface area contributed by atoms with Crippen LogP contribution in [-0.2, 0) is 21.2 Å². The normalized spacial score (nSPS) is 18.3. The Morgan fingerprint density at radius 1 is 0.952 bits per heavy atom. The van der Waals surface area contributed by atoms with Gasteiger partial charge >= 0.3 is 0 Å². The average Bonchev–Trinajstić information content (AvgIpc) is 3.00. The number of benzene rings is 3. The topological polar surface area (TPSA) is 112 Å². The van der Waals surface area contributed by atoms with Crippen molar-refractivity contribution in [1.29, 1.82) is 0 Å². The number of sulfonamides is 1. The van der Waals surface area contributed by atoms with Crippen LogP contribution in [0.5, 0.6) is 17.2 Å². The molecule has 0 saturated carbocycles. The molecule has 0 bridgehead atoms. The van der Waals surface area contributed by atoms with Crippen molar-refractivity contribution in [1.82, 2.24) is 19.6 Å². The summed E-state index contributed by atoms with van der Waals surface area (Å²) >= 11 is 0. The van der Waals surface area contributed by atoms with Crippen LogP contribution in [0, 0.1) is 5.82 Å². The standard InChI is InChI=1S/C30H35FN4O6S/c1-33-16-18-34(19-17-33)14-2-20-40-26-9-12-28-22(21-26)13-15-35(29(28)30(36)32-37)42(38,39)27-10-7-25(8-11-27)41-24-5-3-23(31)4-6-24/h3-12,21,29,37H,2,13-20H2,1H3,(H,32,36). The van der Waals surface area contributed by atoms with Crippen molar-refractivity contribution in [2.45, 2.75) is 23.8 Å². The molecule has 42 heavy (non-hydrogen) atoms. The number of hydroxylamine groups is 1. The summed E-state index contributed by atoms with van der Waals surface area (Å²) in [5.41, 5.74) is 2.90. The fourth-order valence-electron chi connectivity index (χ4n) is 5.27. The highest BCUT2D eigenvalue weighted by Crippen LogP contribution is 2.36. The lowest BCUT2D eigenvalue weighted by molar-refractivity contribution is -0.133. The van der Waals surface area contributed by atoms with Gasteiger partial charge in [-0.3, -0.25) is 10.0 Å². The molecule has 3 aromatic rings. The highest BCUT2D eigenvalue weighted by atomic mass is 32.2. The van der Waals surface area contributed by atoms with E-state index in [1.54, 1.807) is 17.6 Å². The molecular formula is C30H35FN4O6S. The molecule has 3 aromatic carbocycles. The van der Waals surface area contributed by atoms with Gasteiger partial charge in [-0.1, -0.05) is 6.07 Å². The summed E-state index contributed by atoms with van der Waals surface area (Å²) in [7, 11) is -2.00. The number of hydrogen-bond acceptors (Lipinski definition) is 8. The number of hydrogen-bond donors (Lipinski definition) is 2. The number of amides is 1. The van der Waals surface area contributed by atoms with Gasteiger partial charge in [0.05, 0.1) is 11.5 Å². The Balaban J connectivity index is 1.26. The molecule has 0 spiro atoms. The van der Waals surface area contributed by atoms with Crippen LogP contribution in [0.2, 0.25) is 0 Å². The molecule has 12 heteroatoms. The Labute approximate surface area is 245 Å². The molecule has 1 fully saturated rings. The van der Waals surface area contributed by atoms with E-state index in [1.807, 2.05) is 6.07 Å². The van der Waals surface area contributed by atoms with Crippen molar-refractivity contribution < 1.29 is 32.3 Å². The van der Waals surface area contributed by atoms with E-state index in [-0.39, 0.29) is 11.4 Å². The van der Waals surface area contributed by atoms with E-state index in [9.17, 15) is 22.8 Å². The number of ether oxygens (including phenoxy) is 2. The Hall–Kier alpha value is -3.55. The molecule has 1 saturated heterocycles. The molecule has 0 aliphatic carbocycles. The molecule has 5 rings (SSSR count). The van der Waals surface area contributed by atoms with Gasteiger partial charge in [-0.05, 0) is 91.7 Å². The fraction of sp³-hybridized carbons (Fsp3) is 0.367. The van der Waals surface area contributed by atoms with Crippen LogP contribution < -0.4 is 15.0 Å². The highest BCUT2D eigenvalue weighted by Gasteiger charge is 2.40. The molecule has 2 aliphatic rings. The van der Waals surface area contributed by atoms with E-state index in [0.717, 1.165) is 49.0 Å². The number of fused-ring (bicyclic) bond motifs is 1. The number of halogens is 1.